The monoisotopic (exact) mass is 566 g/mol. The van der Waals surface area contributed by atoms with Crippen LogP contribution < -0.4 is 5.32 Å². The molecule has 2 aromatic carbocycles. The summed E-state index contributed by atoms with van der Waals surface area (Å²) in [7, 11) is -3.00. The van der Waals surface area contributed by atoms with Crippen molar-refractivity contribution < 1.29 is 31.1 Å². The minimum absolute atomic E-state index is 0.135. The van der Waals surface area contributed by atoms with Gasteiger partial charge >= 0.3 is 6.18 Å². The van der Waals surface area contributed by atoms with Crippen LogP contribution in [0.2, 0.25) is 0 Å². The minimum Gasteiger partial charge on any atom is -0.385 e. The van der Waals surface area contributed by atoms with Crippen LogP contribution in [0.25, 0.3) is 5.69 Å². The molecule has 0 unspecified atom stereocenters. The van der Waals surface area contributed by atoms with Crippen LogP contribution in [0.3, 0.4) is 0 Å². The fourth-order valence-corrected chi connectivity index (χ4v) is 5.27. The van der Waals surface area contributed by atoms with E-state index in [1.807, 2.05) is 52.0 Å². The molecule has 0 bridgehead atoms. The third-order valence-electron chi connectivity index (χ3n) is 5.87. The van der Waals surface area contributed by atoms with Gasteiger partial charge in [0.25, 0.3) is 0 Å². The quantitative estimate of drug-likeness (QED) is 0.342. The van der Waals surface area contributed by atoms with Gasteiger partial charge in [-0.2, -0.15) is 22.6 Å². The van der Waals surface area contributed by atoms with Gasteiger partial charge in [0.1, 0.15) is 5.82 Å². The van der Waals surface area contributed by atoms with Gasteiger partial charge in [0, 0.05) is 31.7 Å². The molecule has 0 spiro atoms. The first kappa shape index (κ1) is 30.3. The third-order valence-corrected chi connectivity index (χ3v) is 7.71. The Kier molecular flexibility index (Phi) is 9.24. The number of halogens is 3. The summed E-state index contributed by atoms with van der Waals surface area (Å²) in [6.45, 7) is 7.29. The molecule has 8 nitrogen and oxygen atoms in total. The maximum atomic E-state index is 13.4. The Morgan fingerprint density at radius 1 is 1.08 bits per heavy atom. The summed E-state index contributed by atoms with van der Waals surface area (Å²) in [5.74, 6) is -0.332. The Bertz CT molecular complexity index is 1410. The number of benzene rings is 2. The Morgan fingerprint density at radius 2 is 1.77 bits per heavy atom. The van der Waals surface area contributed by atoms with Crippen molar-refractivity contribution in [1.29, 1.82) is 0 Å². The first-order chi connectivity index (χ1) is 18.1. The lowest BCUT2D eigenvalue weighted by atomic mass is 9.92. The van der Waals surface area contributed by atoms with Crippen LogP contribution in [0.4, 0.5) is 19.0 Å². The molecule has 12 heteroatoms. The number of aryl methyl sites for hydroxylation is 1. The lowest BCUT2D eigenvalue weighted by Crippen LogP contribution is -2.39. The molecule has 3 aromatic rings. The van der Waals surface area contributed by atoms with Gasteiger partial charge in [-0.3, -0.25) is 4.79 Å². The number of rotatable bonds is 10. The average molecular weight is 567 g/mol. The predicted molar refractivity (Wildman–Crippen MR) is 142 cm³/mol. The first-order valence-electron chi connectivity index (χ1n) is 12.3. The number of amides is 1. The molecule has 3 rings (SSSR count). The SMILES string of the molecule is COCCCN(CC(=O)Nc1cc(C(C)(C)C)nn1-c1cccc(C)c1)S(=O)(=O)c1cccc(C(F)(F)F)c1. The number of ether oxygens (including phenoxy) is 1. The predicted octanol–water partition coefficient (Wildman–Crippen LogP) is 5.16. The number of hydrogen-bond donors (Lipinski definition) is 1. The van der Waals surface area contributed by atoms with Crippen LogP contribution >= 0.6 is 0 Å². The average Bonchev–Trinajstić information content (AvgIpc) is 3.27. The van der Waals surface area contributed by atoms with Crippen molar-refractivity contribution in [2.24, 2.45) is 0 Å². The molecule has 0 aliphatic heterocycles. The van der Waals surface area contributed by atoms with Crippen molar-refractivity contribution >= 4 is 21.7 Å². The summed E-state index contributed by atoms with van der Waals surface area (Å²) < 4.78 is 73.9. The van der Waals surface area contributed by atoms with E-state index in [4.69, 9.17) is 4.74 Å². The van der Waals surface area contributed by atoms with E-state index in [0.717, 1.165) is 28.1 Å². The molecule has 1 N–H and O–H groups in total. The highest BCUT2D eigenvalue weighted by atomic mass is 32.2. The number of hydrogen-bond acceptors (Lipinski definition) is 5. The highest BCUT2D eigenvalue weighted by Crippen LogP contribution is 2.31. The first-order valence-corrected chi connectivity index (χ1v) is 13.7. The van der Waals surface area contributed by atoms with Gasteiger partial charge in [-0.25, -0.2) is 13.1 Å². The van der Waals surface area contributed by atoms with Crippen LogP contribution in [0.15, 0.2) is 59.5 Å². The van der Waals surface area contributed by atoms with Crippen molar-refractivity contribution in [1.82, 2.24) is 14.1 Å². The van der Waals surface area contributed by atoms with Crippen molar-refractivity contribution in [3.05, 3.63) is 71.4 Å². The van der Waals surface area contributed by atoms with Crippen molar-refractivity contribution in [3.8, 4) is 5.69 Å². The Hall–Kier alpha value is -3.22. The molecular formula is C27H33F3N4O4S. The van der Waals surface area contributed by atoms with Crippen LogP contribution in [0.5, 0.6) is 0 Å². The second-order valence-corrected chi connectivity index (χ2v) is 12.1. The maximum absolute atomic E-state index is 13.4. The van der Waals surface area contributed by atoms with Crippen LogP contribution in [-0.2, 0) is 31.1 Å². The van der Waals surface area contributed by atoms with Crippen molar-refractivity contribution in [3.63, 3.8) is 0 Å². The molecule has 0 atom stereocenters. The lowest BCUT2D eigenvalue weighted by molar-refractivity contribution is -0.137. The van der Waals surface area contributed by atoms with E-state index >= 15 is 0 Å². The van der Waals surface area contributed by atoms with Gasteiger partial charge in [-0.15, -0.1) is 0 Å². The molecule has 0 fully saturated rings. The fraction of sp³-hybridized carbons (Fsp3) is 0.407. The molecule has 0 radical (unpaired) electrons. The number of carbonyl (C=O) groups is 1. The molecular weight excluding hydrogens is 533 g/mol. The number of anilines is 1. The molecule has 1 heterocycles. The van der Waals surface area contributed by atoms with Crippen LogP contribution in [0, 0.1) is 6.92 Å². The Labute approximate surface area is 226 Å². The van der Waals surface area contributed by atoms with Crippen molar-refractivity contribution in [2.45, 2.75) is 50.6 Å². The molecule has 0 saturated heterocycles. The lowest BCUT2D eigenvalue weighted by Gasteiger charge is -2.22. The largest absolute Gasteiger partial charge is 0.416 e. The zero-order chi connectivity index (χ0) is 29.0. The summed E-state index contributed by atoms with van der Waals surface area (Å²) in [4.78, 5) is 12.6. The molecule has 0 aliphatic rings. The number of carbonyl (C=O) groups excluding carboxylic acids is 1. The number of alkyl halides is 3. The van der Waals surface area contributed by atoms with Gasteiger partial charge in [0.05, 0.1) is 28.4 Å². The van der Waals surface area contributed by atoms with Gasteiger partial charge in [-0.05, 0) is 49.2 Å². The third kappa shape index (κ3) is 7.68. The van der Waals surface area contributed by atoms with E-state index in [1.54, 1.807) is 10.7 Å². The van der Waals surface area contributed by atoms with Crippen molar-refractivity contribution in [2.75, 3.05) is 32.1 Å². The summed E-state index contributed by atoms with van der Waals surface area (Å²) in [6, 6.07) is 12.7. The minimum atomic E-state index is -4.72. The molecule has 1 amide bonds. The summed E-state index contributed by atoms with van der Waals surface area (Å²) in [5.41, 5.74) is 0.950. The second kappa shape index (κ2) is 11.9. The zero-order valence-electron chi connectivity index (χ0n) is 22.5. The summed E-state index contributed by atoms with van der Waals surface area (Å²) in [5, 5.41) is 7.41. The van der Waals surface area contributed by atoms with Gasteiger partial charge in [-0.1, -0.05) is 39.0 Å². The van der Waals surface area contributed by atoms with E-state index < -0.39 is 39.1 Å². The van der Waals surface area contributed by atoms with Gasteiger partial charge in [0.2, 0.25) is 15.9 Å². The molecule has 0 aliphatic carbocycles. The number of methoxy groups -OCH3 is 1. The maximum Gasteiger partial charge on any atom is 0.416 e. The van der Waals surface area contributed by atoms with Crippen LogP contribution in [0.1, 0.15) is 44.0 Å². The van der Waals surface area contributed by atoms with E-state index in [0.29, 0.717) is 23.3 Å². The topological polar surface area (TPSA) is 93.5 Å². The summed E-state index contributed by atoms with van der Waals surface area (Å²) >= 11 is 0. The Balaban J connectivity index is 1.94. The van der Waals surface area contributed by atoms with E-state index in [1.165, 1.54) is 7.11 Å². The number of nitrogens with one attached hydrogen (secondary N) is 1. The number of aromatic nitrogens is 2. The van der Waals surface area contributed by atoms with Gasteiger partial charge in [0.15, 0.2) is 0 Å². The Morgan fingerprint density at radius 3 is 2.38 bits per heavy atom. The van der Waals surface area contributed by atoms with Gasteiger partial charge < -0.3 is 10.1 Å². The smallest absolute Gasteiger partial charge is 0.385 e. The molecule has 212 valence electrons. The molecule has 0 saturated carbocycles. The van der Waals surface area contributed by atoms with E-state index in [9.17, 15) is 26.4 Å². The van der Waals surface area contributed by atoms with E-state index in [-0.39, 0.29) is 25.0 Å². The normalized spacial score (nSPS) is 12.6. The number of nitrogens with zero attached hydrogens (tertiary/aromatic N) is 3. The van der Waals surface area contributed by atoms with E-state index in [2.05, 4.69) is 10.4 Å². The highest BCUT2D eigenvalue weighted by molar-refractivity contribution is 7.89. The fourth-order valence-electron chi connectivity index (χ4n) is 3.79. The molecule has 1 aromatic heterocycles. The molecule has 39 heavy (non-hydrogen) atoms. The number of sulfonamides is 1. The second-order valence-electron chi connectivity index (χ2n) is 10.2. The van der Waals surface area contributed by atoms with Crippen LogP contribution in [-0.4, -0.2) is 55.2 Å². The zero-order valence-corrected chi connectivity index (χ0v) is 23.4. The standard InChI is InChI=1S/C27H33F3N4O4S/c1-19-9-6-11-21(15-19)34-24(17-23(32-34)26(2,3)4)31-25(35)18-33(13-8-14-38-5)39(36,37)22-12-7-10-20(16-22)27(28,29)30/h6-7,9-12,15-17H,8,13-14,18H2,1-5H3,(H,31,35). The highest BCUT2D eigenvalue weighted by Gasteiger charge is 2.33. The summed E-state index contributed by atoms with van der Waals surface area (Å²) in [6.07, 6.45) is -4.49.